The fourth-order valence-electron chi connectivity index (χ4n) is 1.91. The molecule has 1 saturated heterocycles. The van der Waals surface area contributed by atoms with E-state index in [1.165, 1.54) is 12.2 Å². The lowest BCUT2D eigenvalue weighted by Crippen LogP contribution is -2.31. The summed E-state index contributed by atoms with van der Waals surface area (Å²) in [6.07, 6.45) is 3.01. The van der Waals surface area contributed by atoms with E-state index in [0.717, 1.165) is 11.0 Å². The average Bonchev–Trinajstić information content (AvgIpc) is 2.75. The van der Waals surface area contributed by atoms with Gasteiger partial charge >= 0.3 is 0 Å². The van der Waals surface area contributed by atoms with Crippen molar-refractivity contribution in [3.8, 4) is 0 Å². The number of nitrogens with one attached hydrogen (secondary N) is 1. The Morgan fingerprint density at radius 2 is 2.50 bits per heavy atom. The van der Waals surface area contributed by atoms with Crippen LogP contribution in [0.3, 0.4) is 0 Å². The molecule has 0 saturated carbocycles. The third-order valence-electron chi connectivity index (χ3n) is 2.65. The minimum Gasteiger partial charge on any atom is -0.468 e. The Balaban J connectivity index is 1.86. The van der Waals surface area contributed by atoms with Crippen LogP contribution in [0.1, 0.15) is 32.1 Å². The van der Waals surface area contributed by atoms with Crippen LogP contribution >= 0.6 is 11.8 Å². The Kier molecular flexibility index (Phi) is 3.19. The number of hydrogen-bond acceptors (Lipinski definition) is 3. The van der Waals surface area contributed by atoms with E-state index in [2.05, 4.69) is 30.9 Å². The summed E-state index contributed by atoms with van der Waals surface area (Å²) in [5.41, 5.74) is 0. The van der Waals surface area contributed by atoms with Crippen LogP contribution in [-0.2, 0) is 0 Å². The molecular formula is C11H17NOS. The van der Waals surface area contributed by atoms with Gasteiger partial charge < -0.3 is 9.73 Å². The van der Waals surface area contributed by atoms with Crippen molar-refractivity contribution in [2.75, 3.05) is 5.75 Å². The minimum atomic E-state index is 0.334. The molecule has 1 fully saturated rings. The molecule has 0 bridgehead atoms. The summed E-state index contributed by atoms with van der Waals surface area (Å²) in [5, 5.41) is 4.40. The molecule has 1 aromatic heterocycles. The van der Waals surface area contributed by atoms with Crippen LogP contribution < -0.4 is 5.32 Å². The van der Waals surface area contributed by atoms with Gasteiger partial charge in [0.25, 0.3) is 0 Å². The van der Waals surface area contributed by atoms with Gasteiger partial charge in [-0.1, -0.05) is 6.92 Å². The molecule has 3 atom stereocenters. The zero-order chi connectivity index (χ0) is 9.97. The van der Waals surface area contributed by atoms with Crippen LogP contribution in [0, 0.1) is 0 Å². The summed E-state index contributed by atoms with van der Waals surface area (Å²) in [6.45, 7) is 4.45. The predicted molar refractivity (Wildman–Crippen MR) is 60.6 cm³/mol. The Labute approximate surface area is 89.4 Å². The SMILES string of the molecule is CC1CC(N[C@H](C)c2ccco2)CS1. The van der Waals surface area contributed by atoms with Gasteiger partial charge in [-0.3, -0.25) is 0 Å². The van der Waals surface area contributed by atoms with E-state index in [0.29, 0.717) is 12.1 Å². The average molecular weight is 211 g/mol. The first-order chi connectivity index (χ1) is 6.75. The third-order valence-corrected chi connectivity index (χ3v) is 4.01. The normalized spacial score (nSPS) is 29.3. The zero-order valence-electron chi connectivity index (χ0n) is 8.69. The molecule has 14 heavy (non-hydrogen) atoms. The van der Waals surface area contributed by atoms with Gasteiger partial charge in [0, 0.05) is 17.0 Å². The molecule has 1 aliphatic heterocycles. The van der Waals surface area contributed by atoms with Gasteiger partial charge in [-0.25, -0.2) is 0 Å². The topological polar surface area (TPSA) is 25.2 Å². The Morgan fingerprint density at radius 1 is 1.64 bits per heavy atom. The molecule has 2 unspecified atom stereocenters. The van der Waals surface area contributed by atoms with E-state index in [-0.39, 0.29) is 0 Å². The number of thioether (sulfide) groups is 1. The Hall–Kier alpha value is -0.410. The molecule has 1 N–H and O–H groups in total. The highest BCUT2D eigenvalue weighted by Crippen LogP contribution is 2.27. The van der Waals surface area contributed by atoms with Crippen LogP contribution in [0.15, 0.2) is 22.8 Å². The molecule has 0 spiro atoms. The zero-order valence-corrected chi connectivity index (χ0v) is 9.51. The Bertz CT molecular complexity index is 273. The van der Waals surface area contributed by atoms with Crippen molar-refractivity contribution >= 4 is 11.8 Å². The van der Waals surface area contributed by atoms with Crippen LogP contribution in [-0.4, -0.2) is 17.0 Å². The molecule has 1 aliphatic rings. The van der Waals surface area contributed by atoms with Gasteiger partial charge in [-0.05, 0) is 25.5 Å². The first-order valence-corrected chi connectivity index (χ1v) is 6.21. The third kappa shape index (κ3) is 2.34. The smallest absolute Gasteiger partial charge is 0.120 e. The second-order valence-electron chi connectivity index (χ2n) is 3.98. The van der Waals surface area contributed by atoms with Crippen molar-refractivity contribution in [1.29, 1.82) is 0 Å². The molecule has 3 heteroatoms. The fraction of sp³-hybridized carbons (Fsp3) is 0.636. The highest BCUT2D eigenvalue weighted by Gasteiger charge is 2.23. The van der Waals surface area contributed by atoms with E-state index in [1.54, 1.807) is 6.26 Å². The molecule has 78 valence electrons. The monoisotopic (exact) mass is 211 g/mol. The molecule has 2 rings (SSSR count). The molecule has 0 amide bonds. The van der Waals surface area contributed by atoms with Crippen molar-refractivity contribution in [3.63, 3.8) is 0 Å². The summed E-state index contributed by atoms with van der Waals surface area (Å²) >= 11 is 2.05. The van der Waals surface area contributed by atoms with Crippen LogP contribution in [0.25, 0.3) is 0 Å². The molecule has 2 nitrogen and oxygen atoms in total. The summed E-state index contributed by atoms with van der Waals surface area (Å²) in [5.74, 6) is 2.27. The van der Waals surface area contributed by atoms with E-state index in [1.807, 2.05) is 12.1 Å². The lowest BCUT2D eigenvalue weighted by Gasteiger charge is -2.16. The fourth-order valence-corrected chi connectivity index (χ4v) is 3.07. The maximum Gasteiger partial charge on any atom is 0.120 e. The number of rotatable bonds is 3. The van der Waals surface area contributed by atoms with Crippen molar-refractivity contribution in [2.45, 2.75) is 37.6 Å². The summed E-state index contributed by atoms with van der Waals surface area (Å²) in [6, 6.07) is 4.96. The largest absolute Gasteiger partial charge is 0.468 e. The van der Waals surface area contributed by atoms with Gasteiger partial charge in [0.15, 0.2) is 0 Å². The van der Waals surface area contributed by atoms with Gasteiger partial charge in [0.05, 0.1) is 12.3 Å². The molecule has 0 aromatic carbocycles. The Morgan fingerprint density at radius 3 is 3.07 bits per heavy atom. The van der Waals surface area contributed by atoms with E-state index >= 15 is 0 Å². The first-order valence-electron chi connectivity index (χ1n) is 5.17. The van der Waals surface area contributed by atoms with E-state index in [4.69, 9.17) is 4.42 Å². The second kappa shape index (κ2) is 4.41. The maximum atomic E-state index is 5.36. The molecule has 1 aromatic rings. The van der Waals surface area contributed by atoms with Crippen LogP contribution in [0.5, 0.6) is 0 Å². The highest BCUT2D eigenvalue weighted by atomic mass is 32.2. The quantitative estimate of drug-likeness (QED) is 0.832. The summed E-state index contributed by atoms with van der Waals surface area (Å²) in [7, 11) is 0. The summed E-state index contributed by atoms with van der Waals surface area (Å²) < 4.78 is 5.36. The maximum absolute atomic E-state index is 5.36. The molecule has 0 aliphatic carbocycles. The van der Waals surface area contributed by atoms with Gasteiger partial charge in [-0.15, -0.1) is 0 Å². The van der Waals surface area contributed by atoms with Gasteiger partial charge in [-0.2, -0.15) is 11.8 Å². The number of furan rings is 1. The van der Waals surface area contributed by atoms with Crippen molar-refractivity contribution < 1.29 is 4.42 Å². The van der Waals surface area contributed by atoms with Gasteiger partial charge in [0.1, 0.15) is 5.76 Å². The lowest BCUT2D eigenvalue weighted by atomic mass is 10.1. The highest BCUT2D eigenvalue weighted by molar-refractivity contribution is 8.00. The summed E-state index contributed by atoms with van der Waals surface area (Å²) in [4.78, 5) is 0. The van der Waals surface area contributed by atoms with Crippen molar-refractivity contribution in [1.82, 2.24) is 5.32 Å². The molecular weight excluding hydrogens is 194 g/mol. The van der Waals surface area contributed by atoms with Crippen LogP contribution in [0.2, 0.25) is 0 Å². The first kappa shape index (κ1) is 10.1. The second-order valence-corrected chi connectivity index (χ2v) is 5.45. The molecule has 2 heterocycles. The molecule has 0 radical (unpaired) electrons. The van der Waals surface area contributed by atoms with Crippen molar-refractivity contribution in [2.24, 2.45) is 0 Å². The van der Waals surface area contributed by atoms with E-state index in [9.17, 15) is 0 Å². The van der Waals surface area contributed by atoms with E-state index < -0.39 is 0 Å². The number of hydrogen-bond donors (Lipinski definition) is 1. The van der Waals surface area contributed by atoms with Crippen molar-refractivity contribution in [3.05, 3.63) is 24.2 Å². The van der Waals surface area contributed by atoms with Crippen LogP contribution in [0.4, 0.5) is 0 Å². The van der Waals surface area contributed by atoms with Gasteiger partial charge in [0.2, 0.25) is 0 Å². The minimum absolute atomic E-state index is 0.334. The standard InChI is InChI=1S/C11H17NOS/c1-8-6-10(7-14-8)12-9(2)11-4-3-5-13-11/h3-5,8-10,12H,6-7H2,1-2H3/t8?,9-,10?/m1/s1. The lowest BCUT2D eigenvalue weighted by molar-refractivity contribution is 0.397. The predicted octanol–water partition coefficient (Wildman–Crippen LogP) is 2.82.